The van der Waals surface area contributed by atoms with E-state index in [1.54, 1.807) is 6.20 Å². The van der Waals surface area contributed by atoms with Crippen molar-refractivity contribution >= 4 is 24.8 Å². The van der Waals surface area contributed by atoms with Gasteiger partial charge >= 0.3 is 0 Å². The number of hydrogen-bond donors (Lipinski definition) is 1. The first kappa shape index (κ1) is 14.9. The van der Waals surface area contributed by atoms with Crippen LogP contribution >= 0.6 is 24.8 Å². The van der Waals surface area contributed by atoms with Crippen LogP contribution in [0.1, 0.15) is 5.56 Å². The first-order valence-corrected chi connectivity index (χ1v) is 4.60. The van der Waals surface area contributed by atoms with Gasteiger partial charge in [0.05, 0.1) is 5.69 Å². The Hall–Kier alpha value is -1.09. The van der Waals surface area contributed by atoms with Crippen molar-refractivity contribution in [3.8, 4) is 11.3 Å². The fraction of sp³-hybridized carbons (Fsp3) is 0.0833. The highest BCUT2D eigenvalue weighted by atomic mass is 35.5. The summed E-state index contributed by atoms with van der Waals surface area (Å²) in [5.74, 6) is 0. The van der Waals surface area contributed by atoms with E-state index in [1.807, 2.05) is 36.4 Å². The zero-order valence-corrected chi connectivity index (χ0v) is 10.3. The van der Waals surface area contributed by atoms with Gasteiger partial charge in [0, 0.05) is 18.3 Å². The SMILES string of the molecule is Cl.Cl.NCc1cccc(-c2ccccn2)c1. The molecule has 16 heavy (non-hydrogen) atoms. The molecule has 0 unspecified atom stereocenters. The molecule has 0 aliphatic rings. The van der Waals surface area contributed by atoms with E-state index in [1.165, 1.54) is 0 Å². The van der Waals surface area contributed by atoms with Crippen molar-refractivity contribution < 1.29 is 0 Å². The van der Waals surface area contributed by atoms with Gasteiger partial charge in [0.1, 0.15) is 0 Å². The molecule has 0 bridgehead atoms. The zero-order valence-electron chi connectivity index (χ0n) is 8.67. The van der Waals surface area contributed by atoms with Crippen LogP contribution in [0.5, 0.6) is 0 Å². The molecule has 2 rings (SSSR count). The van der Waals surface area contributed by atoms with Crippen molar-refractivity contribution in [2.75, 3.05) is 0 Å². The average molecular weight is 257 g/mol. The summed E-state index contributed by atoms with van der Waals surface area (Å²) >= 11 is 0. The molecule has 0 saturated heterocycles. The third-order valence-corrected chi connectivity index (χ3v) is 2.12. The van der Waals surface area contributed by atoms with Crippen LogP contribution in [0.3, 0.4) is 0 Å². The largest absolute Gasteiger partial charge is 0.326 e. The summed E-state index contributed by atoms with van der Waals surface area (Å²) in [6.45, 7) is 0.570. The summed E-state index contributed by atoms with van der Waals surface area (Å²) in [6, 6.07) is 14.0. The summed E-state index contributed by atoms with van der Waals surface area (Å²) in [6.07, 6.45) is 1.80. The Morgan fingerprint density at radius 1 is 1.00 bits per heavy atom. The van der Waals surface area contributed by atoms with E-state index in [0.29, 0.717) is 6.54 Å². The van der Waals surface area contributed by atoms with Crippen LogP contribution in [0.15, 0.2) is 48.7 Å². The van der Waals surface area contributed by atoms with Gasteiger partial charge in [0.2, 0.25) is 0 Å². The lowest BCUT2D eigenvalue weighted by atomic mass is 10.1. The Balaban J connectivity index is 0.00000112. The Morgan fingerprint density at radius 2 is 1.81 bits per heavy atom. The van der Waals surface area contributed by atoms with Crippen LogP contribution in [0.4, 0.5) is 0 Å². The number of nitrogens with two attached hydrogens (primary N) is 1. The molecule has 0 radical (unpaired) electrons. The molecule has 2 nitrogen and oxygen atoms in total. The first-order valence-electron chi connectivity index (χ1n) is 4.60. The Kier molecular flexibility index (Phi) is 6.74. The van der Waals surface area contributed by atoms with Crippen molar-refractivity contribution in [2.24, 2.45) is 5.73 Å². The van der Waals surface area contributed by atoms with Crippen molar-refractivity contribution in [3.63, 3.8) is 0 Å². The van der Waals surface area contributed by atoms with Crippen LogP contribution in [-0.2, 0) is 6.54 Å². The van der Waals surface area contributed by atoms with Crippen molar-refractivity contribution in [1.29, 1.82) is 0 Å². The zero-order chi connectivity index (χ0) is 9.80. The fourth-order valence-electron chi connectivity index (χ4n) is 1.39. The lowest BCUT2D eigenvalue weighted by Crippen LogP contribution is -1.95. The van der Waals surface area contributed by atoms with E-state index in [-0.39, 0.29) is 24.8 Å². The van der Waals surface area contributed by atoms with E-state index in [9.17, 15) is 0 Å². The Labute approximate surface area is 108 Å². The monoisotopic (exact) mass is 256 g/mol. The van der Waals surface area contributed by atoms with Crippen LogP contribution in [0.2, 0.25) is 0 Å². The average Bonchev–Trinajstić information content (AvgIpc) is 2.30. The molecule has 1 heterocycles. The maximum atomic E-state index is 5.58. The molecule has 86 valence electrons. The summed E-state index contributed by atoms with van der Waals surface area (Å²) in [4.78, 5) is 4.28. The van der Waals surface area contributed by atoms with Gasteiger partial charge < -0.3 is 5.73 Å². The smallest absolute Gasteiger partial charge is 0.0702 e. The maximum Gasteiger partial charge on any atom is 0.0702 e. The molecule has 2 aromatic rings. The molecule has 1 aromatic carbocycles. The molecule has 0 atom stereocenters. The summed E-state index contributed by atoms with van der Waals surface area (Å²) in [5.41, 5.74) is 8.82. The minimum absolute atomic E-state index is 0. The molecule has 4 heteroatoms. The fourth-order valence-corrected chi connectivity index (χ4v) is 1.39. The van der Waals surface area contributed by atoms with Crippen LogP contribution < -0.4 is 5.73 Å². The summed E-state index contributed by atoms with van der Waals surface area (Å²) < 4.78 is 0. The lowest BCUT2D eigenvalue weighted by Gasteiger charge is -2.02. The molecule has 0 fully saturated rings. The molecule has 0 aliphatic heterocycles. The summed E-state index contributed by atoms with van der Waals surface area (Å²) in [5, 5.41) is 0. The minimum Gasteiger partial charge on any atom is -0.326 e. The minimum atomic E-state index is 0. The van der Waals surface area contributed by atoms with Gasteiger partial charge in [0.15, 0.2) is 0 Å². The second-order valence-corrected chi connectivity index (χ2v) is 3.12. The van der Waals surface area contributed by atoms with Gasteiger partial charge in [-0.3, -0.25) is 4.98 Å². The number of rotatable bonds is 2. The van der Waals surface area contributed by atoms with E-state index >= 15 is 0 Å². The van der Waals surface area contributed by atoms with Gasteiger partial charge in [-0.25, -0.2) is 0 Å². The van der Waals surface area contributed by atoms with Gasteiger partial charge in [-0.05, 0) is 23.8 Å². The number of benzene rings is 1. The second-order valence-electron chi connectivity index (χ2n) is 3.12. The molecular weight excluding hydrogens is 243 g/mol. The number of pyridine rings is 1. The van der Waals surface area contributed by atoms with Gasteiger partial charge in [-0.15, -0.1) is 24.8 Å². The molecule has 0 amide bonds. The highest BCUT2D eigenvalue weighted by molar-refractivity contribution is 5.85. The predicted molar refractivity (Wildman–Crippen MR) is 72.1 cm³/mol. The molecule has 0 saturated carbocycles. The molecule has 0 spiro atoms. The highest BCUT2D eigenvalue weighted by Crippen LogP contribution is 2.17. The maximum absolute atomic E-state index is 5.58. The normalized spacial score (nSPS) is 8.81. The van der Waals surface area contributed by atoms with Gasteiger partial charge in [-0.2, -0.15) is 0 Å². The quantitative estimate of drug-likeness (QED) is 0.898. The third-order valence-electron chi connectivity index (χ3n) is 2.12. The molecule has 1 aromatic heterocycles. The van der Waals surface area contributed by atoms with E-state index in [4.69, 9.17) is 5.73 Å². The van der Waals surface area contributed by atoms with E-state index in [0.717, 1.165) is 16.8 Å². The number of halogens is 2. The first-order chi connectivity index (χ1) is 6.90. The highest BCUT2D eigenvalue weighted by Gasteiger charge is 1.97. The third kappa shape index (κ3) is 3.49. The van der Waals surface area contributed by atoms with Crippen molar-refractivity contribution in [2.45, 2.75) is 6.54 Å². The predicted octanol–water partition coefficient (Wildman–Crippen LogP) is 3.05. The second kappa shape index (κ2) is 7.23. The van der Waals surface area contributed by atoms with Crippen molar-refractivity contribution in [1.82, 2.24) is 4.98 Å². The molecular formula is C12H14Cl2N2. The number of nitrogens with zero attached hydrogens (tertiary/aromatic N) is 1. The van der Waals surface area contributed by atoms with Crippen LogP contribution in [0.25, 0.3) is 11.3 Å². The van der Waals surface area contributed by atoms with E-state index in [2.05, 4.69) is 11.1 Å². The van der Waals surface area contributed by atoms with E-state index < -0.39 is 0 Å². The number of hydrogen-bond acceptors (Lipinski definition) is 2. The molecule has 2 N–H and O–H groups in total. The number of aromatic nitrogens is 1. The molecule has 0 aliphatic carbocycles. The summed E-state index contributed by atoms with van der Waals surface area (Å²) in [7, 11) is 0. The Bertz CT molecular complexity index is 418. The van der Waals surface area contributed by atoms with Gasteiger partial charge in [0.25, 0.3) is 0 Å². The standard InChI is InChI=1S/C12H12N2.2ClH/c13-9-10-4-3-5-11(8-10)12-6-1-2-7-14-12;;/h1-8H,9,13H2;2*1H. The topological polar surface area (TPSA) is 38.9 Å². The van der Waals surface area contributed by atoms with Gasteiger partial charge in [-0.1, -0.05) is 24.3 Å². The Morgan fingerprint density at radius 3 is 2.44 bits per heavy atom. The van der Waals surface area contributed by atoms with Crippen molar-refractivity contribution in [3.05, 3.63) is 54.2 Å². The lowest BCUT2D eigenvalue weighted by molar-refractivity contribution is 1.07. The van der Waals surface area contributed by atoms with Crippen LogP contribution in [0, 0.1) is 0 Å². The van der Waals surface area contributed by atoms with Crippen LogP contribution in [-0.4, -0.2) is 4.98 Å².